The van der Waals surface area contributed by atoms with E-state index in [0.29, 0.717) is 4.90 Å². The van der Waals surface area contributed by atoms with Crippen LogP contribution in [0.25, 0.3) is 0 Å². The van der Waals surface area contributed by atoms with Crippen LogP contribution in [-0.2, 0) is 4.79 Å². The zero-order valence-electron chi connectivity index (χ0n) is 8.84. The Morgan fingerprint density at radius 3 is 2.35 bits per heavy atom. The van der Waals surface area contributed by atoms with Gasteiger partial charge in [0.05, 0.1) is 19.7 Å². The van der Waals surface area contributed by atoms with Crippen molar-refractivity contribution in [2.45, 2.75) is 12.5 Å². The van der Waals surface area contributed by atoms with E-state index in [1.54, 1.807) is 0 Å². The topological polar surface area (TPSA) is 110 Å². The van der Waals surface area contributed by atoms with E-state index in [9.17, 15) is 18.4 Å². The summed E-state index contributed by atoms with van der Waals surface area (Å²) in [6.45, 7) is -2.28. The third-order valence-electron chi connectivity index (χ3n) is 1.75. The van der Waals surface area contributed by atoms with E-state index in [-0.39, 0.29) is 6.54 Å². The number of carboxylic acids is 1. The molecule has 17 heavy (non-hydrogen) atoms. The zero-order valence-corrected chi connectivity index (χ0v) is 8.84. The van der Waals surface area contributed by atoms with Gasteiger partial charge in [-0.3, -0.25) is 0 Å². The summed E-state index contributed by atoms with van der Waals surface area (Å²) in [6.07, 6.45) is -4.57. The first-order valence-corrected chi connectivity index (χ1v) is 4.71. The van der Waals surface area contributed by atoms with E-state index < -0.39 is 44.2 Å². The van der Waals surface area contributed by atoms with Crippen molar-refractivity contribution < 1.29 is 33.7 Å². The molecule has 0 saturated heterocycles. The molecule has 9 heteroatoms. The van der Waals surface area contributed by atoms with E-state index in [0.717, 1.165) is 0 Å². The largest absolute Gasteiger partial charge is 0.479 e. The second-order valence-electron chi connectivity index (χ2n) is 3.10. The molecule has 0 fully saturated rings. The highest BCUT2D eigenvalue weighted by atomic mass is 19.3. The van der Waals surface area contributed by atoms with Crippen LogP contribution in [0, 0.1) is 0 Å². The number of aliphatic hydroxyl groups excluding tert-OH is 2. The molecule has 1 atom stereocenters. The summed E-state index contributed by atoms with van der Waals surface area (Å²) in [4.78, 5) is 22.1. The van der Waals surface area contributed by atoms with Crippen molar-refractivity contribution >= 4 is 12.0 Å². The first-order valence-electron chi connectivity index (χ1n) is 4.71. The summed E-state index contributed by atoms with van der Waals surface area (Å²) in [5, 5.41) is 27.7. The SMILES string of the molecule is O=C(O)C(O)CNC(=O)N(CCO)CC(F)F. The van der Waals surface area contributed by atoms with Gasteiger partial charge in [-0.2, -0.15) is 0 Å². The molecule has 1 unspecified atom stereocenters. The summed E-state index contributed by atoms with van der Waals surface area (Å²) >= 11 is 0. The molecule has 0 rings (SSSR count). The normalized spacial score (nSPS) is 12.3. The monoisotopic (exact) mass is 256 g/mol. The first-order chi connectivity index (χ1) is 7.88. The van der Waals surface area contributed by atoms with Gasteiger partial charge < -0.3 is 25.5 Å². The quantitative estimate of drug-likeness (QED) is 0.452. The molecule has 100 valence electrons. The third kappa shape index (κ3) is 6.64. The predicted octanol–water partition coefficient (Wildman–Crippen LogP) is -1.30. The van der Waals surface area contributed by atoms with E-state index in [2.05, 4.69) is 0 Å². The lowest BCUT2D eigenvalue weighted by Gasteiger charge is -2.22. The summed E-state index contributed by atoms with van der Waals surface area (Å²) in [5.41, 5.74) is 0. The minimum absolute atomic E-state index is 0.306. The number of carboxylic acid groups (broad SMARTS) is 1. The molecular weight excluding hydrogens is 242 g/mol. The Labute approximate surface area is 95.6 Å². The molecule has 0 radical (unpaired) electrons. The molecule has 0 aliphatic carbocycles. The van der Waals surface area contributed by atoms with Gasteiger partial charge in [-0.25, -0.2) is 18.4 Å². The Morgan fingerprint density at radius 1 is 1.35 bits per heavy atom. The van der Waals surface area contributed by atoms with Gasteiger partial charge in [0.2, 0.25) is 0 Å². The number of halogens is 2. The van der Waals surface area contributed by atoms with Crippen LogP contribution in [0.5, 0.6) is 0 Å². The van der Waals surface area contributed by atoms with Gasteiger partial charge in [-0.15, -0.1) is 0 Å². The Hall–Kier alpha value is -1.48. The Bertz CT molecular complexity index is 264. The molecule has 0 bridgehead atoms. The van der Waals surface area contributed by atoms with Gasteiger partial charge in [-0.05, 0) is 0 Å². The van der Waals surface area contributed by atoms with Crippen LogP contribution in [0.1, 0.15) is 0 Å². The number of amides is 2. The van der Waals surface area contributed by atoms with Gasteiger partial charge in [0.25, 0.3) is 6.43 Å². The number of hydrogen-bond acceptors (Lipinski definition) is 4. The fraction of sp³-hybridized carbons (Fsp3) is 0.750. The number of aliphatic carboxylic acids is 1. The number of nitrogens with zero attached hydrogens (tertiary/aromatic N) is 1. The minimum Gasteiger partial charge on any atom is -0.479 e. The van der Waals surface area contributed by atoms with Crippen LogP contribution < -0.4 is 5.32 Å². The predicted molar refractivity (Wildman–Crippen MR) is 51.7 cm³/mol. The molecule has 0 aromatic heterocycles. The molecule has 2 amide bonds. The Morgan fingerprint density at radius 2 is 1.94 bits per heavy atom. The lowest BCUT2D eigenvalue weighted by atomic mass is 10.3. The van der Waals surface area contributed by atoms with Gasteiger partial charge in [0, 0.05) is 6.54 Å². The molecule has 0 aliphatic rings. The maximum atomic E-state index is 12.0. The number of urea groups is 1. The van der Waals surface area contributed by atoms with Crippen molar-refractivity contribution in [3.05, 3.63) is 0 Å². The molecule has 7 nitrogen and oxygen atoms in total. The van der Waals surface area contributed by atoms with Crippen LogP contribution in [-0.4, -0.2) is 71.0 Å². The maximum Gasteiger partial charge on any atom is 0.334 e. The molecule has 0 aromatic rings. The highest BCUT2D eigenvalue weighted by molar-refractivity contribution is 5.76. The van der Waals surface area contributed by atoms with Crippen LogP contribution in [0.3, 0.4) is 0 Å². The number of alkyl halides is 2. The lowest BCUT2D eigenvalue weighted by Crippen LogP contribution is -2.47. The number of hydrogen-bond donors (Lipinski definition) is 4. The van der Waals surface area contributed by atoms with Crippen molar-refractivity contribution in [3.8, 4) is 0 Å². The summed E-state index contributed by atoms with van der Waals surface area (Å²) in [6, 6.07) is -0.973. The standard InChI is InChI=1S/C8H14F2N2O5/c9-6(10)4-12(1-2-13)8(17)11-3-5(14)7(15)16/h5-6,13-14H,1-4H2,(H,11,17)(H,15,16). The van der Waals surface area contributed by atoms with Crippen LogP contribution in [0.4, 0.5) is 13.6 Å². The van der Waals surface area contributed by atoms with Crippen LogP contribution >= 0.6 is 0 Å². The zero-order chi connectivity index (χ0) is 13.4. The molecule has 4 N–H and O–H groups in total. The van der Waals surface area contributed by atoms with Crippen LogP contribution in [0.15, 0.2) is 0 Å². The van der Waals surface area contributed by atoms with E-state index >= 15 is 0 Å². The molecule has 0 aromatic carbocycles. The number of nitrogens with one attached hydrogen (secondary N) is 1. The fourth-order valence-corrected chi connectivity index (χ4v) is 0.946. The van der Waals surface area contributed by atoms with Crippen molar-refractivity contribution in [1.29, 1.82) is 0 Å². The summed E-state index contributed by atoms with van der Waals surface area (Å²) in [7, 11) is 0. The molecular formula is C8H14F2N2O5. The highest BCUT2D eigenvalue weighted by Gasteiger charge is 2.20. The summed E-state index contributed by atoms with van der Waals surface area (Å²) in [5.74, 6) is -1.53. The molecule has 0 spiro atoms. The van der Waals surface area contributed by atoms with Gasteiger partial charge >= 0.3 is 12.0 Å². The average Bonchev–Trinajstić information content (AvgIpc) is 2.23. The number of carbonyl (C=O) groups excluding carboxylic acids is 1. The molecule has 0 aliphatic heterocycles. The third-order valence-corrected chi connectivity index (χ3v) is 1.75. The smallest absolute Gasteiger partial charge is 0.334 e. The first kappa shape index (κ1) is 15.5. The van der Waals surface area contributed by atoms with Gasteiger partial charge in [0.15, 0.2) is 6.10 Å². The van der Waals surface area contributed by atoms with E-state index in [1.807, 2.05) is 5.32 Å². The second kappa shape index (κ2) is 7.74. The highest BCUT2D eigenvalue weighted by Crippen LogP contribution is 1.98. The Balaban J connectivity index is 4.18. The van der Waals surface area contributed by atoms with Crippen molar-refractivity contribution in [3.63, 3.8) is 0 Å². The van der Waals surface area contributed by atoms with Crippen molar-refractivity contribution in [1.82, 2.24) is 10.2 Å². The molecule has 0 heterocycles. The minimum atomic E-state index is -2.77. The number of rotatable bonds is 7. The lowest BCUT2D eigenvalue weighted by molar-refractivity contribution is -0.146. The van der Waals surface area contributed by atoms with Gasteiger partial charge in [-0.1, -0.05) is 0 Å². The van der Waals surface area contributed by atoms with E-state index in [4.69, 9.17) is 15.3 Å². The van der Waals surface area contributed by atoms with Gasteiger partial charge in [0.1, 0.15) is 0 Å². The second-order valence-corrected chi connectivity index (χ2v) is 3.10. The van der Waals surface area contributed by atoms with Crippen molar-refractivity contribution in [2.24, 2.45) is 0 Å². The molecule has 0 saturated carbocycles. The number of carbonyl (C=O) groups is 2. The van der Waals surface area contributed by atoms with Crippen LogP contribution in [0.2, 0.25) is 0 Å². The Kier molecular flexibility index (Phi) is 7.06. The summed E-state index contributed by atoms with van der Waals surface area (Å²) < 4.78 is 24.1. The number of aliphatic hydroxyl groups is 2. The fourth-order valence-electron chi connectivity index (χ4n) is 0.946. The van der Waals surface area contributed by atoms with Crippen molar-refractivity contribution in [2.75, 3.05) is 26.2 Å². The maximum absolute atomic E-state index is 12.0. The average molecular weight is 256 g/mol. The van der Waals surface area contributed by atoms with E-state index in [1.165, 1.54) is 0 Å².